The molecule has 104 valence electrons. The molecule has 1 aliphatic rings. The van der Waals surface area contributed by atoms with E-state index in [-0.39, 0.29) is 12.1 Å². The lowest BCUT2D eigenvalue weighted by Crippen LogP contribution is -2.24. The molecule has 3 rings (SSSR count). The van der Waals surface area contributed by atoms with Crippen molar-refractivity contribution in [3.63, 3.8) is 0 Å². The second-order valence-corrected chi connectivity index (χ2v) is 5.66. The molecule has 0 bridgehead atoms. The Morgan fingerprint density at radius 2 is 1.95 bits per heavy atom. The van der Waals surface area contributed by atoms with Crippen LogP contribution < -0.4 is 10.5 Å². The second kappa shape index (κ2) is 5.47. The summed E-state index contributed by atoms with van der Waals surface area (Å²) in [6.07, 6.45) is 1.84. The zero-order chi connectivity index (χ0) is 14.1. The smallest absolute Gasteiger partial charge is 0.126 e. The van der Waals surface area contributed by atoms with Gasteiger partial charge in [0.2, 0.25) is 0 Å². The number of halogens is 1. The van der Waals surface area contributed by atoms with E-state index in [1.807, 2.05) is 18.2 Å². The van der Waals surface area contributed by atoms with Crippen LogP contribution in [0, 0.1) is 0 Å². The number of aryl methyl sites for hydroxylation is 1. The Kier molecular flexibility index (Phi) is 3.68. The zero-order valence-corrected chi connectivity index (χ0v) is 12.2. The number of hydrogen-bond acceptors (Lipinski definition) is 2. The first-order chi connectivity index (χ1) is 9.67. The van der Waals surface area contributed by atoms with E-state index in [0.29, 0.717) is 5.02 Å². The first kappa shape index (κ1) is 13.5. The van der Waals surface area contributed by atoms with Crippen LogP contribution >= 0.6 is 11.6 Å². The molecule has 1 aliphatic heterocycles. The summed E-state index contributed by atoms with van der Waals surface area (Å²) in [4.78, 5) is 0. The standard InChI is InChI=1S/C17H18ClNO/c1-2-11-3-5-12(6-4-11)17-10-15(19)14-9-13(18)7-8-16(14)20-17/h3-9,15,17H,2,10,19H2,1H3. The van der Waals surface area contributed by atoms with Crippen molar-refractivity contribution in [2.75, 3.05) is 0 Å². The second-order valence-electron chi connectivity index (χ2n) is 5.23. The predicted molar refractivity (Wildman–Crippen MR) is 82.2 cm³/mol. The monoisotopic (exact) mass is 287 g/mol. The molecule has 0 saturated carbocycles. The molecule has 2 aromatic rings. The molecule has 2 nitrogen and oxygen atoms in total. The average Bonchev–Trinajstić information content (AvgIpc) is 2.48. The van der Waals surface area contributed by atoms with Gasteiger partial charge in [0.05, 0.1) is 0 Å². The highest BCUT2D eigenvalue weighted by Gasteiger charge is 2.27. The van der Waals surface area contributed by atoms with Gasteiger partial charge in [-0.25, -0.2) is 0 Å². The van der Waals surface area contributed by atoms with Gasteiger partial charge >= 0.3 is 0 Å². The van der Waals surface area contributed by atoms with Crippen molar-refractivity contribution in [3.05, 3.63) is 64.2 Å². The molecule has 0 aromatic heterocycles. The number of benzene rings is 2. The first-order valence-electron chi connectivity index (χ1n) is 6.98. The quantitative estimate of drug-likeness (QED) is 0.887. The minimum Gasteiger partial charge on any atom is -0.485 e. The van der Waals surface area contributed by atoms with Crippen LogP contribution in [0.1, 0.15) is 42.2 Å². The molecule has 20 heavy (non-hydrogen) atoms. The van der Waals surface area contributed by atoms with Crippen molar-refractivity contribution in [3.8, 4) is 5.75 Å². The van der Waals surface area contributed by atoms with Crippen molar-refractivity contribution >= 4 is 11.6 Å². The molecule has 0 saturated heterocycles. The maximum atomic E-state index is 6.26. The van der Waals surface area contributed by atoms with Gasteiger partial charge < -0.3 is 10.5 Å². The van der Waals surface area contributed by atoms with Gasteiger partial charge in [0, 0.05) is 23.0 Å². The van der Waals surface area contributed by atoms with Crippen molar-refractivity contribution in [1.29, 1.82) is 0 Å². The normalized spacial score (nSPS) is 21.1. The van der Waals surface area contributed by atoms with E-state index in [1.165, 1.54) is 11.1 Å². The minimum atomic E-state index is -0.0340. The third-order valence-corrected chi connectivity index (χ3v) is 4.10. The fraction of sp³-hybridized carbons (Fsp3) is 0.294. The van der Waals surface area contributed by atoms with Crippen LogP contribution in [0.3, 0.4) is 0 Å². The third kappa shape index (κ3) is 2.54. The largest absolute Gasteiger partial charge is 0.485 e. The Balaban J connectivity index is 1.88. The van der Waals surface area contributed by atoms with Crippen LogP contribution in [0.5, 0.6) is 5.75 Å². The highest BCUT2D eigenvalue weighted by atomic mass is 35.5. The van der Waals surface area contributed by atoms with E-state index < -0.39 is 0 Å². The van der Waals surface area contributed by atoms with Gasteiger partial charge in [0.15, 0.2) is 0 Å². The highest BCUT2D eigenvalue weighted by molar-refractivity contribution is 6.30. The molecule has 0 aliphatic carbocycles. The van der Waals surface area contributed by atoms with E-state index in [2.05, 4.69) is 31.2 Å². The minimum absolute atomic E-state index is 0.0181. The van der Waals surface area contributed by atoms with E-state index in [1.54, 1.807) is 0 Å². The van der Waals surface area contributed by atoms with E-state index >= 15 is 0 Å². The molecule has 0 radical (unpaired) electrons. The molecule has 0 fully saturated rings. The van der Waals surface area contributed by atoms with Gasteiger partial charge in [0.1, 0.15) is 11.9 Å². The molecule has 2 unspecified atom stereocenters. The van der Waals surface area contributed by atoms with E-state index in [4.69, 9.17) is 22.1 Å². The average molecular weight is 288 g/mol. The Morgan fingerprint density at radius 3 is 2.65 bits per heavy atom. The Bertz CT molecular complexity index is 609. The lowest BCUT2D eigenvalue weighted by Gasteiger charge is -2.30. The van der Waals surface area contributed by atoms with Gasteiger partial charge in [0.25, 0.3) is 0 Å². The summed E-state index contributed by atoms with van der Waals surface area (Å²) in [6, 6.07) is 14.2. The number of hydrogen-bond donors (Lipinski definition) is 1. The first-order valence-corrected chi connectivity index (χ1v) is 7.35. The number of fused-ring (bicyclic) bond motifs is 1. The predicted octanol–water partition coefficient (Wildman–Crippen LogP) is 4.43. The van der Waals surface area contributed by atoms with Crippen LogP contribution in [-0.4, -0.2) is 0 Å². The Hall–Kier alpha value is -1.51. The van der Waals surface area contributed by atoms with Crippen LogP contribution in [0.25, 0.3) is 0 Å². The summed E-state index contributed by atoms with van der Waals surface area (Å²) in [5.41, 5.74) is 9.77. The maximum Gasteiger partial charge on any atom is 0.126 e. The van der Waals surface area contributed by atoms with Gasteiger partial charge in [-0.1, -0.05) is 42.8 Å². The molecule has 1 heterocycles. The number of nitrogens with two attached hydrogens (primary N) is 1. The third-order valence-electron chi connectivity index (χ3n) is 3.87. The molecular formula is C17H18ClNO. The van der Waals surface area contributed by atoms with E-state index in [0.717, 1.165) is 24.2 Å². The van der Waals surface area contributed by atoms with Crippen molar-refractivity contribution in [1.82, 2.24) is 0 Å². The molecule has 3 heteroatoms. The summed E-state index contributed by atoms with van der Waals surface area (Å²) in [7, 11) is 0. The molecule has 2 aromatic carbocycles. The van der Waals surface area contributed by atoms with Crippen molar-refractivity contribution in [2.24, 2.45) is 5.73 Å². The van der Waals surface area contributed by atoms with Gasteiger partial charge in [-0.15, -0.1) is 0 Å². The van der Waals surface area contributed by atoms with Gasteiger partial charge in [-0.3, -0.25) is 0 Å². The number of ether oxygens (including phenoxy) is 1. The van der Waals surface area contributed by atoms with Gasteiger partial charge in [-0.2, -0.15) is 0 Å². The van der Waals surface area contributed by atoms with Crippen LogP contribution in [0.2, 0.25) is 5.02 Å². The lowest BCUT2D eigenvalue weighted by atomic mass is 9.93. The topological polar surface area (TPSA) is 35.2 Å². The summed E-state index contributed by atoms with van der Waals surface area (Å²) in [5.74, 6) is 0.845. The summed E-state index contributed by atoms with van der Waals surface area (Å²) >= 11 is 6.02. The SMILES string of the molecule is CCc1ccc(C2CC(N)c3cc(Cl)ccc3O2)cc1. The fourth-order valence-electron chi connectivity index (χ4n) is 2.65. The highest BCUT2D eigenvalue weighted by Crippen LogP contribution is 2.40. The van der Waals surface area contributed by atoms with Crippen LogP contribution in [0.15, 0.2) is 42.5 Å². The zero-order valence-electron chi connectivity index (χ0n) is 11.5. The molecule has 0 spiro atoms. The number of rotatable bonds is 2. The summed E-state index contributed by atoms with van der Waals surface area (Å²) in [6.45, 7) is 2.15. The molecule has 0 amide bonds. The molecular weight excluding hydrogens is 270 g/mol. The van der Waals surface area contributed by atoms with Crippen LogP contribution in [-0.2, 0) is 6.42 Å². The molecule has 2 N–H and O–H groups in total. The van der Waals surface area contributed by atoms with Gasteiger partial charge in [-0.05, 0) is 35.7 Å². The lowest BCUT2D eigenvalue weighted by molar-refractivity contribution is 0.161. The maximum absolute atomic E-state index is 6.26. The summed E-state index contributed by atoms with van der Waals surface area (Å²) < 4.78 is 6.08. The Labute approximate surface area is 124 Å². The van der Waals surface area contributed by atoms with Crippen molar-refractivity contribution in [2.45, 2.75) is 31.9 Å². The van der Waals surface area contributed by atoms with Crippen molar-refractivity contribution < 1.29 is 4.74 Å². The van der Waals surface area contributed by atoms with E-state index in [9.17, 15) is 0 Å². The summed E-state index contributed by atoms with van der Waals surface area (Å²) in [5, 5.41) is 0.702. The fourth-order valence-corrected chi connectivity index (χ4v) is 2.83. The Morgan fingerprint density at radius 1 is 1.20 bits per heavy atom. The van der Waals surface area contributed by atoms with Crippen LogP contribution in [0.4, 0.5) is 0 Å². The molecule has 2 atom stereocenters.